The number of nitrogens with one attached hydrogen (secondary N) is 1. The Balaban J connectivity index is 2.55. The van der Waals surface area contributed by atoms with Crippen LogP contribution in [0.4, 0.5) is 0 Å². The summed E-state index contributed by atoms with van der Waals surface area (Å²) in [6.07, 6.45) is 2.09. The van der Waals surface area contributed by atoms with Crippen molar-refractivity contribution < 1.29 is 19.4 Å². The normalized spacial score (nSPS) is 10.6. The van der Waals surface area contributed by atoms with E-state index in [0.717, 1.165) is 6.08 Å². The van der Waals surface area contributed by atoms with E-state index < -0.39 is 11.5 Å². The molecule has 0 aliphatic heterocycles. The molecule has 0 amide bonds. The van der Waals surface area contributed by atoms with E-state index in [-0.39, 0.29) is 5.56 Å². The molecule has 0 saturated carbocycles. The molecular formula is C15H14N2O5. The molecule has 7 heteroatoms. The van der Waals surface area contributed by atoms with E-state index in [2.05, 4.69) is 10.2 Å². The number of carboxylic acid groups (broad SMARTS) is 1. The van der Waals surface area contributed by atoms with Crippen LogP contribution in [0.15, 0.2) is 35.1 Å². The van der Waals surface area contributed by atoms with Gasteiger partial charge in [-0.1, -0.05) is 0 Å². The van der Waals surface area contributed by atoms with Crippen LogP contribution in [0, 0.1) is 0 Å². The van der Waals surface area contributed by atoms with Gasteiger partial charge in [0.25, 0.3) is 5.56 Å². The van der Waals surface area contributed by atoms with Crippen LogP contribution in [-0.2, 0) is 4.79 Å². The summed E-state index contributed by atoms with van der Waals surface area (Å²) in [6.45, 7) is 0. The van der Waals surface area contributed by atoms with Crippen LogP contribution in [0.3, 0.4) is 0 Å². The summed E-state index contributed by atoms with van der Waals surface area (Å²) < 4.78 is 10.4. The van der Waals surface area contributed by atoms with Gasteiger partial charge in [0.1, 0.15) is 11.5 Å². The Kier molecular flexibility index (Phi) is 4.57. The zero-order chi connectivity index (χ0) is 16.1. The van der Waals surface area contributed by atoms with Gasteiger partial charge in [-0.05, 0) is 30.3 Å². The Morgan fingerprint density at radius 3 is 2.68 bits per heavy atom. The second-order valence-electron chi connectivity index (χ2n) is 4.28. The summed E-state index contributed by atoms with van der Waals surface area (Å²) in [4.78, 5) is 22.2. The number of hydrogen-bond donors (Lipinski definition) is 2. The summed E-state index contributed by atoms with van der Waals surface area (Å²) in [5.41, 5.74) is 0.740. The minimum Gasteiger partial charge on any atom is -0.497 e. The molecule has 0 fully saturated rings. The number of rotatable bonds is 5. The molecule has 1 heterocycles. The standard InChI is InChI=1S/C15H14N2O5/c1-21-10-4-5-13(22-2)11(8-10)12-7-9(3-6-14(18)19)15(20)17-16-12/h3-8H,1-2H3,(H,17,20)(H,18,19)/b6-3+. The lowest BCUT2D eigenvalue weighted by molar-refractivity contribution is -0.131. The minimum atomic E-state index is -1.14. The lowest BCUT2D eigenvalue weighted by Crippen LogP contribution is -2.12. The highest BCUT2D eigenvalue weighted by Crippen LogP contribution is 2.31. The highest BCUT2D eigenvalue weighted by Gasteiger charge is 2.11. The molecule has 7 nitrogen and oxygen atoms in total. The van der Waals surface area contributed by atoms with Gasteiger partial charge in [0.15, 0.2) is 0 Å². The number of aliphatic carboxylic acids is 1. The van der Waals surface area contributed by atoms with Crippen LogP contribution in [0.2, 0.25) is 0 Å². The van der Waals surface area contributed by atoms with Crippen molar-refractivity contribution in [1.82, 2.24) is 10.2 Å². The first-order valence-corrected chi connectivity index (χ1v) is 6.28. The van der Waals surface area contributed by atoms with Crippen LogP contribution in [0.25, 0.3) is 17.3 Å². The predicted octanol–water partition coefficient (Wildman–Crippen LogP) is 1.55. The number of hydrogen-bond acceptors (Lipinski definition) is 5. The fourth-order valence-corrected chi connectivity index (χ4v) is 1.86. The smallest absolute Gasteiger partial charge is 0.328 e. The third-order valence-corrected chi connectivity index (χ3v) is 2.92. The number of H-pyrrole nitrogens is 1. The number of carbonyl (C=O) groups is 1. The van der Waals surface area contributed by atoms with E-state index in [1.54, 1.807) is 18.2 Å². The summed E-state index contributed by atoms with van der Waals surface area (Å²) >= 11 is 0. The van der Waals surface area contributed by atoms with Crippen molar-refractivity contribution in [3.8, 4) is 22.8 Å². The third kappa shape index (κ3) is 3.32. The van der Waals surface area contributed by atoms with E-state index in [9.17, 15) is 9.59 Å². The van der Waals surface area contributed by atoms with Gasteiger partial charge in [-0.3, -0.25) is 4.79 Å². The molecule has 2 N–H and O–H groups in total. The monoisotopic (exact) mass is 302 g/mol. The lowest BCUT2D eigenvalue weighted by atomic mass is 10.1. The van der Waals surface area contributed by atoms with Crippen molar-refractivity contribution in [1.29, 1.82) is 0 Å². The van der Waals surface area contributed by atoms with Gasteiger partial charge in [0.2, 0.25) is 0 Å². The first-order valence-electron chi connectivity index (χ1n) is 6.28. The zero-order valence-electron chi connectivity index (χ0n) is 12.0. The molecule has 0 bridgehead atoms. The number of ether oxygens (including phenoxy) is 2. The molecule has 0 spiro atoms. The molecule has 2 aromatic rings. The van der Waals surface area contributed by atoms with Gasteiger partial charge in [-0.25, -0.2) is 9.89 Å². The number of benzene rings is 1. The zero-order valence-corrected chi connectivity index (χ0v) is 12.0. The molecule has 0 aliphatic carbocycles. The Labute approximate surface area is 125 Å². The fraction of sp³-hybridized carbons (Fsp3) is 0.133. The molecular weight excluding hydrogens is 288 g/mol. The van der Waals surface area contributed by atoms with Crippen LogP contribution < -0.4 is 15.0 Å². The highest BCUT2D eigenvalue weighted by atomic mass is 16.5. The molecule has 1 aromatic heterocycles. The van der Waals surface area contributed by atoms with Crippen molar-refractivity contribution in [2.45, 2.75) is 0 Å². The lowest BCUT2D eigenvalue weighted by Gasteiger charge is -2.10. The first kappa shape index (κ1) is 15.3. The number of nitrogens with zero attached hydrogens (tertiary/aromatic N) is 1. The fourth-order valence-electron chi connectivity index (χ4n) is 1.86. The maximum Gasteiger partial charge on any atom is 0.328 e. The van der Waals surface area contributed by atoms with Crippen molar-refractivity contribution in [2.24, 2.45) is 0 Å². The van der Waals surface area contributed by atoms with Gasteiger partial charge in [0.05, 0.1) is 19.9 Å². The second kappa shape index (κ2) is 6.57. The van der Waals surface area contributed by atoms with E-state index in [1.807, 2.05) is 0 Å². The van der Waals surface area contributed by atoms with Gasteiger partial charge >= 0.3 is 5.97 Å². The maximum atomic E-state index is 11.7. The average molecular weight is 302 g/mol. The molecule has 0 radical (unpaired) electrons. The van der Waals surface area contributed by atoms with Crippen LogP contribution in [-0.4, -0.2) is 35.5 Å². The van der Waals surface area contributed by atoms with Crippen molar-refractivity contribution in [3.05, 3.63) is 46.3 Å². The quantitative estimate of drug-likeness (QED) is 0.813. The minimum absolute atomic E-state index is 0.178. The molecule has 1 aromatic carbocycles. The first-order chi connectivity index (χ1) is 10.5. The second-order valence-corrected chi connectivity index (χ2v) is 4.28. The molecule has 0 saturated heterocycles. The highest BCUT2D eigenvalue weighted by molar-refractivity contribution is 5.85. The molecule has 0 atom stereocenters. The van der Waals surface area contributed by atoms with Crippen molar-refractivity contribution in [3.63, 3.8) is 0 Å². The summed E-state index contributed by atoms with van der Waals surface area (Å²) in [7, 11) is 3.05. The largest absolute Gasteiger partial charge is 0.497 e. The summed E-state index contributed by atoms with van der Waals surface area (Å²) in [5.74, 6) is 0.0108. The van der Waals surface area contributed by atoms with E-state index in [1.165, 1.54) is 26.4 Å². The van der Waals surface area contributed by atoms with Gasteiger partial charge in [0, 0.05) is 17.2 Å². The Hall–Kier alpha value is -3.09. The van der Waals surface area contributed by atoms with Crippen molar-refractivity contribution >= 4 is 12.0 Å². The van der Waals surface area contributed by atoms with Crippen molar-refractivity contribution in [2.75, 3.05) is 14.2 Å². The van der Waals surface area contributed by atoms with Crippen LogP contribution >= 0.6 is 0 Å². The molecule has 22 heavy (non-hydrogen) atoms. The predicted molar refractivity (Wildman–Crippen MR) is 80.1 cm³/mol. The topological polar surface area (TPSA) is 102 Å². The van der Waals surface area contributed by atoms with Crippen LogP contribution in [0.5, 0.6) is 11.5 Å². The van der Waals surface area contributed by atoms with Gasteiger partial charge < -0.3 is 14.6 Å². The Morgan fingerprint density at radius 1 is 1.27 bits per heavy atom. The average Bonchev–Trinajstić information content (AvgIpc) is 2.53. The molecule has 0 unspecified atom stereocenters. The molecule has 2 rings (SSSR count). The van der Waals surface area contributed by atoms with Gasteiger partial charge in [-0.2, -0.15) is 5.10 Å². The molecule has 0 aliphatic rings. The Morgan fingerprint density at radius 2 is 2.05 bits per heavy atom. The SMILES string of the molecule is COc1ccc(OC)c(-c2cc(/C=C/C(=O)O)c(=O)[nH]n2)c1. The number of aromatic amines is 1. The number of methoxy groups -OCH3 is 2. The maximum absolute atomic E-state index is 11.7. The van der Waals surface area contributed by atoms with E-state index >= 15 is 0 Å². The third-order valence-electron chi connectivity index (χ3n) is 2.92. The number of aromatic nitrogens is 2. The Bertz CT molecular complexity index is 780. The molecule has 114 valence electrons. The van der Waals surface area contributed by atoms with E-state index in [0.29, 0.717) is 22.8 Å². The van der Waals surface area contributed by atoms with Gasteiger partial charge in [-0.15, -0.1) is 0 Å². The van der Waals surface area contributed by atoms with E-state index in [4.69, 9.17) is 14.6 Å². The van der Waals surface area contributed by atoms with Crippen LogP contribution in [0.1, 0.15) is 5.56 Å². The number of carboxylic acids is 1. The summed E-state index contributed by atoms with van der Waals surface area (Å²) in [5, 5.41) is 15.0. The summed E-state index contributed by atoms with van der Waals surface area (Å²) in [6, 6.07) is 6.65.